The Morgan fingerprint density at radius 2 is 1.94 bits per heavy atom. The molecule has 0 saturated carbocycles. The van der Waals surface area contributed by atoms with E-state index in [9.17, 15) is 15.0 Å². The molecule has 5 N–H and O–H groups in total. The van der Waals surface area contributed by atoms with Crippen LogP contribution in [0.3, 0.4) is 0 Å². The first-order valence-corrected chi connectivity index (χ1v) is 5.96. The number of nitrogens with two attached hydrogens (primary N) is 1. The molecular formula is C11H15NO4S. The molecule has 0 amide bonds. The summed E-state index contributed by atoms with van der Waals surface area (Å²) in [5, 5.41) is 28.0. The monoisotopic (exact) mass is 257 g/mol. The molecule has 6 heteroatoms. The predicted octanol–water partition coefficient (Wildman–Crippen LogP) is 1.22. The van der Waals surface area contributed by atoms with Gasteiger partial charge in [-0.1, -0.05) is 6.07 Å². The lowest BCUT2D eigenvalue weighted by molar-refractivity contribution is -0.137. The van der Waals surface area contributed by atoms with Gasteiger partial charge in [0.25, 0.3) is 0 Å². The lowest BCUT2D eigenvalue weighted by Crippen LogP contribution is -2.32. The van der Waals surface area contributed by atoms with Crippen molar-refractivity contribution in [2.45, 2.75) is 24.8 Å². The molecule has 0 heterocycles. The number of aromatic hydroxyl groups is 2. The predicted molar refractivity (Wildman–Crippen MR) is 65.6 cm³/mol. The van der Waals surface area contributed by atoms with Gasteiger partial charge in [-0.05, 0) is 25.0 Å². The largest absolute Gasteiger partial charge is 0.504 e. The van der Waals surface area contributed by atoms with Crippen molar-refractivity contribution in [3.63, 3.8) is 0 Å². The fourth-order valence-corrected chi connectivity index (χ4v) is 2.38. The molecule has 1 rings (SSSR count). The highest BCUT2D eigenvalue weighted by atomic mass is 32.2. The maximum absolute atomic E-state index is 10.6. The van der Waals surface area contributed by atoms with Gasteiger partial charge in [0.1, 0.15) is 6.04 Å². The molecule has 0 aliphatic heterocycles. The zero-order valence-corrected chi connectivity index (χ0v) is 10.4. The van der Waals surface area contributed by atoms with E-state index >= 15 is 0 Å². The van der Waals surface area contributed by atoms with E-state index in [0.717, 1.165) is 17.3 Å². The number of hydrogen-bond donors (Lipinski definition) is 4. The minimum atomic E-state index is -1.09. The zero-order chi connectivity index (χ0) is 13.2. The molecule has 1 aromatic carbocycles. The van der Waals surface area contributed by atoms with Crippen molar-refractivity contribution in [2.24, 2.45) is 5.73 Å². The number of hydrogen-bond acceptors (Lipinski definition) is 5. The van der Waals surface area contributed by atoms with Crippen LogP contribution >= 0.6 is 11.8 Å². The molecule has 0 radical (unpaired) electrons. The second kappa shape index (κ2) is 5.29. The Kier molecular flexibility index (Phi) is 4.25. The molecule has 0 saturated heterocycles. The molecule has 5 nitrogen and oxygen atoms in total. The van der Waals surface area contributed by atoms with Crippen LogP contribution in [0.1, 0.15) is 11.1 Å². The fourth-order valence-electron chi connectivity index (χ4n) is 1.37. The third-order valence-electron chi connectivity index (χ3n) is 2.33. The minimum absolute atomic E-state index is 0.131. The number of benzene rings is 1. The molecule has 0 aliphatic carbocycles. The number of carbonyl (C=O) groups is 1. The van der Waals surface area contributed by atoms with Gasteiger partial charge in [0.05, 0.1) is 4.90 Å². The Bertz CT molecular complexity index is 448. The number of aliphatic carboxylic acids is 1. The summed E-state index contributed by atoms with van der Waals surface area (Å²) < 4.78 is 0. The van der Waals surface area contributed by atoms with Gasteiger partial charge in [-0.2, -0.15) is 0 Å². The Balaban J connectivity index is 2.92. The van der Waals surface area contributed by atoms with E-state index in [4.69, 9.17) is 10.8 Å². The number of rotatable bonds is 4. The van der Waals surface area contributed by atoms with Crippen LogP contribution in [0, 0.1) is 13.8 Å². The Morgan fingerprint density at radius 1 is 1.35 bits per heavy atom. The topological polar surface area (TPSA) is 104 Å². The zero-order valence-electron chi connectivity index (χ0n) is 9.60. The van der Waals surface area contributed by atoms with Crippen LogP contribution in [0.4, 0.5) is 0 Å². The van der Waals surface area contributed by atoms with Crippen molar-refractivity contribution in [3.8, 4) is 11.5 Å². The second-order valence-corrected chi connectivity index (χ2v) is 4.82. The second-order valence-electron chi connectivity index (χ2n) is 3.79. The highest BCUT2D eigenvalue weighted by molar-refractivity contribution is 7.99. The lowest BCUT2D eigenvalue weighted by Gasteiger charge is -2.12. The standard InChI is InChI=1S/C11H15NO4S/c1-5-3-6(2)10(9(14)8(5)13)17-4-7(12)11(15)16/h3,7,13-14H,4,12H2,1-2H3,(H,15,16)/t7-/m0/s1. The molecule has 0 bridgehead atoms. The quantitative estimate of drug-likeness (QED) is 0.477. The molecule has 17 heavy (non-hydrogen) atoms. The third kappa shape index (κ3) is 3.04. The van der Waals surface area contributed by atoms with Gasteiger partial charge in [0.2, 0.25) is 0 Å². The molecule has 0 spiro atoms. The summed E-state index contributed by atoms with van der Waals surface area (Å²) in [6.07, 6.45) is 0. The summed E-state index contributed by atoms with van der Waals surface area (Å²) in [6, 6.07) is 0.728. The highest BCUT2D eigenvalue weighted by Gasteiger charge is 2.17. The molecule has 1 aromatic rings. The van der Waals surface area contributed by atoms with E-state index in [1.165, 1.54) is 0 Å². The van der Waals surface area contributed by atoms with Crippen LogP contribution in [0.15, 0.2) is 11.0 Å². The van der Waals surface area contributed by atoms with E-state index in [2.05, 4.69) is 0 Å². The first kappa shape index (κ1) is 13.7. The first-order chi connectivity index (χ1) is 7.84. The number of phenolic OH excluding ortho intramolecular Hbond substituents is 2. The van der Waals surface area contributed by atoms with Crippen molar-refractivity contribution >= 4 is 17.7 Å². The summed E-state index contributed by atoms with van der Waals surface area (Å²) in [5.74, 6) is -1.36. The number of carboxylic acid groups (broad SMARTS) is 1. The third-order valence-corrected chi connectivity index (χ3v) is 3.66. The lowest BCUT2D eigenvalue weighted by atomic mass is 10.1. The highest BCUT2D eigenvalue weighted by Crippen LogP contribution is 2.40. The van der Waals surface area contributed by atoms with Crippen LogP contribution in [0.2, 0.25) is 0 Å². The summed E-state index contributed by atoms with van der Waals surface area (Å²) >= 11 is 1.12. The summed E-state index contributed by atoms with van der Waals surface area (Å²) in [5.41, 5.74) is 6.72. The van der Waals surface area contributed by atoms with Crippen LogP contribution < -0.4 is 5.73 Å². The van der Waals surface area contributed by atoms with Gasteiger partial charge in [-0.3, -0.25) is 4.79 Å². The van der Waals surface area contributed by atoms with Crippen molar-refractivity contribution in [1.82, 2.24) is 0 Å². The SMILES string of the molecule is Cc1cc(C)c(SC[C@H](N)C(=O)O)c(O)c1O. The molecule has 0 unspecified atom stereocenters. The van der Waals surface area contributed by atoms with Gasteiger partial charge in [-0.15, -0.1) is 11.8 Å². The maximum atomic E-state index is 10.6. The van der Waals surface area contributed by atoms with E-state index in [1.54, 1.807) is 19.9 Å². The maximum Gasteiger partial charge on any atom is 0.321 e. The van der Waals surface area contributed by atoms with Gasteiger partial charge in [-0.25, -0.2) is 0 Å². The van der Waals surface area contributed by atoms with Gasteiger partial charge >= 0.3 is 5.97 Å². The summed E-state index contributed by atoms with van der Waals surface area (Å²) in [7, 11) is 0. The van der Waals surface area contributed by atoms with E-state index in [-0.39, 0.29) is 17.3 Å². The van der Waals surface area contributed by atoms with Crippen LogP contribution in [-0.2, 0) is 4.79 Å². The molecular weight excluding hydrogens is 242 g/mol. The Labute approximate surface area is 103 Å². The molecule has 0 aromatic heterocycles. The molecule has 1 atom stereocenters. The van der Waals surface area contributed by atoms with Crippen molar-refractivity contribution in [3.05, 3.63) is 17.2 Å². The van der Waals surface area contributed by atoms with Gasteiger partial charge in [0, 0.05) is 5.75 Å². The number of carboxylic acids is 1. The van der Waals surface area contributed by atoms with Crippen molar-refractivity contribution < 1.29 is 20.1 Å². The van der Waals surface area contributed by atoms with Gasteiger partial charge < -0.3 is 21.1 Å². The van der Waals surface area contributed by atoms with Crippen LogP contribution in [0.25, 0.3) is 0 Å². The fraction of sp³-hybridized carbons (Fsp3) is 0.364. The first-order valence-electron chi connectivity index (χ1n) is 4.98. The number of aryl methyl sites for hydroxylation is 2. The Morgan fingerprint density at radius 3 is 2.47 bits per heavy atom. The molecule has 94 valence electrons. The van der Waals surface area contributed by atoms with Crippen molar-refractivity contribution in [1.29, 1.82) is 0 Å². The van der Waals surface area contributed by atoms with E-state index in [0.29, 0.717) is 10.5 Å². The summed E-state index contributed by atoms with van der Waals surface area (Å²) in [6.45, 7) is 3.46. The molecule has 0 fully saturated rings. The average Bonchev–Trinajstić information content (AvgIpc) is 2.25. The van der Waals surface area contributed by atoms with Crippen molar-refractivity contribution in [2.75, 3.05) is 5.75 Å². The van der Waals surface area contributed by atoms with Crippen LogP contribution in [-0.4, -0.2) is 33.1 Å². The minimum Gasteiger partial charge on any atom is -0.504 e. The molecule has 0 aliphatic rings. The van der Waals surface area contributed by atoms with E-state index < -0.39 is 12.0 Å². The average molecular weight is 257 g/mol. The van der Waals surface area contributed by atoms with Gasteiger partial charge in [0.15, 0.2) is 11.5 Å². The Hall–Kier alpha value is -1.40. The smallest absolute Gasteiger partial charge is 0.321 e. The summed E-state index contributed by atoms with van der Waals surface area (Å²) in [4.78, 5) is 11.0. The number of phenols is 2. The normalized spacial score (nSPS) is 12.4. The van der Waals surface area contributed by atoms with E-state index in [1.807, 2.05) is 0 Å². The number of thioether (sulfide) groups is 1. The van der Waals surface area contributed by atoms with Crippen LogP contribution in [0.5, 0.6) is 11.5 Å².